The number of benzene rings is 1. The Balaban J connectivity index is 1.85. The maximum atomic E-state index is 12.6. The zero-order valence-corrected chi connectivity index (χ0v) is 16.8. The van der Waals surface area contributed by atoms with Crippen molar-refractivity contribution >= 4 is 12.0 Å². The van der Waals surface area contributed by atoms with Gasteiger partial charge >= 0.3 is 0 Å². The number of nitrogens with one attached hydrogen (secondary N) is 1. The zero-order valence-electron chi connectivity index (χ0n) is 16.8. The fourth-order valence-corrected chi connectivity index (χ4v) is 3.88. The summed E-state index contributed by atoms with van der Waals surface area (Å²) in [7, 11) is 1.64. The largest absolute Gasteiger partial charge is 0.497 e. The van der Waals surface area contributed by atoms with Crippen molar-refractivity contribution in [2.24, 2.45) is 0 Å². The van der Waals surface area contributed by atoms with Crippen molar-refractivity contribution < 1.29 is 9.53 Å². The monoisotopic (exact) mass is 377 g/mol. The molecule has 1 aromatic heterocycles. The van der Waals surface area contributed by atoms with Gasteiger partial charge in [-0.2, -0.15) is 5.26 Å². The Morgan fingerprint density at radius 1 is 1.21 bits per heavy atom. The third-order valence-corrected chi connectivity index (χ3v) is 5.41. The summed E-state index contributed by atoms with van der Waals surface area (Å²) in [6.07, 6.45) is 7.19. The van der Waals surface area contributed by atoms with Crippen LogP contribution in [0.5, 0.6) is 5.75 Å². The predicted octanol–water partition coefficient (Wildman–Crippen LogP) is 4.46. The molecular formula is C23H27N3O2. The Labute approximate surface area is 166 Å². The number of hydrogen-bond acceptors (Lipinski definition) is 3. The van der Waals surface area contributed by atoms with E-state index < -0.39 is 0 Å². The van der Waals surface area contributed by atoms with E-state index in [1.54, 1.807) is 13.2 Å². The molecule has 1 N–H and O–H groups in total. The van der Waals surface area contributed by atoms with Crippen LogP contribution in [0.2, 0.25) is 0 Å². The highest BCUT2D eigenvalue weighted by Crippen LogP contribution is 2.24. The molecule has 1 aliphatic rings. The molecule has 0 spiro atoms. The van der Waals surface area contributed by atoms with Crippen molar-refractivity contribution in [3.05, 3.63) is 52.9 Å². The first-order valence-electron chi connectivity index (χ1n) is 9.79. The average molecular weight is 377 g/mol. The van der Waals surface area contributed by atoms with Gasteiger partial charge in [0.25, 0.3) is 5.91 Å². The number of nitrogens with zero attached hydrogens (tertiary/aromatic N) is 2. The average Bonchev–Trinajstić information content (AvgIpc) is 3.00. The van der Waals surface area contributed by atoms with E-state index in [1.165, 1.54) is 6.42 Å². The molecule has 0 radical (unpaired) electrons. The first-order chi connectivity index (χ1) is 13.5. The van der Waals surface area contributed by atoms with Crippen LogP contribution in [0, 0.1) is 25.2 Å². The maximum absolute atomic E-state index is 12.6. The fraction of sp³-hybridized carbons (Fsp3) is 0.391. The molecule has 0 aliphatic heterocycles. The molecule has 5 nitrogen and oxygen atoms in total. The van der Waals surface area contributed by atoms with Gasteiger partial charge in [-0.1, -0.05) is 19.3 Å². The number of aryl methyl sites for hydroxylation is 1. The second kappa shape index (κ2) is 8.79. The lowest BCUT2D eigenvalue weighted by Gasteiger charge is -2.22. The van der Waals surface area contributed by atoms with Gasteiger partial charge in [0.05, 0.1) is 7.11 Å². The standard InChI is InChI=1S/C23H27N3O2/c1-16-13-18(17(2)26(16)21-9-11-22(28-3)12-10-21)14-19(15-24)23(27)25-20-7-5-4-6-8-20/h9-14,20H,4-8H2,1-3H3,(H,25,27)/b19-14-. The number of ether oxygens (including phenoxy) is 1. The minimum Gasteiger partial charge on any atom is -0.497 e. The van der Waals surface area contributed by atoms with E-state index in [0.29, 0.717) is 0 Å². The molecule has 0 saturated heterocycles. The van der Waals surface area contributed by atoms with Crippen LogP contribution in [0.1, 0.15) is 49.1 Å². The highest BCUT2D eigenvalue weighted by atomic mass is 16.5. The molecule has 1 aromatic carbocycles. The molecule has 1 aliphatic carbocycles. The summed E-state index contributed by atoms with van der Waals surface area (Å²) in [5, 5.41) is 12.6. The second-order valence-electron chi connectivity index (χ2n) is 7.34. The Morgan fingerprint density at radius 3 is 2.50 bits per heavy atom. The van der Waals surface area contributed by atoms with E-state index in [2.05, 4.69) is 16.0 Å². The Hall–Kier alpha value is -3.00. The normalized spacial score (nSPS) is 15.1. The number of rotatable bonds is 5. The molecule has 1 heterocycles. The van der Waals surface area contributed by atoms with Gasteiger partial charge in [0, 0.05) is 23.1 Å². The van der Waals surface area contributed by atoms with Crippen molar-refractivity contribution in [2.45, 2.75) is 52.0 Å². The third-order valence-electron chi connectivity index (χ3n) is 5.41. The van der Waals surface area contributed by atoms with Crippen LogP contribution in [-0.2, 0) is 4.79 Å². The van der Waals surface area contributed by atoms with Gasteiger partial charge in [-0.3, -0.25) is 4.79 Å². The fourth-order valence-electron chi connectivity index (χ4n) is 3.88. The van der Waals surface area contributed by atoms with Crippen LogP contribution < -0.4 is 10.1 Å². The first kappa shape index (κ1) is 19.8. The summed E-state index contributed by atoms with van der Waals surface area (Å²) in [6.45, 7) is 4.01. The molecular weight excluding hydrogens is 350 g/mol. The number of carbonyl (C=O) groups is 1. The Morgan fingerprint density at radius 2 is 1.89 bits per heavy atom. The lowest BCUT2D eigenvalue weighted by atomic mass is 9.95. The Kier molecular flexibility index (Phi) is 6.20. The minimum absolute atomic E-state index is 0.153. The van der Waals surface area contributed by atoms with Crippen molar-refractivity contribution in [1.29, 1.82) is 5.26 Å². The summed E-state index contributed by atoms with van der Waals surface area (Å²) in [6, 6.07) is 12.1. The molecule has 1 amide bonds. The first-order valence-corrected chi connectivity index (χ1v) is 9.79. The smallest absolute Gasteiger partial charge is 0.262 e. The van der Waals surface area contributed by atoms with Crippen molar-refractivity contribution in [1.82, 2.24) is 9.88 Å². The molecule has 1 fully saturated rings. The molecule has 0 unspecified atom stereocenters. The maximum Gasteiger partial charge on any atom is 0.262 e. The number of amides is 1. The van der Waals surface area contributed by atoms with Crippen LogP contribution in [-0.4, -0.2) is 23.6 Å². The lowest BCUT2D eigenvalue weighted by Crippen LogP contribution is -2.36. The van der Waals surface area contributed by atoms with E-state index in [0.717, 1.165) is 54.1 Å². The molecule has 2 aromatic rings. The molecule has 0 bridgehead atoms. The van der Waals surface area contributed by atoms with E-state index in [1.807, 2.05) is 44.2 Å². The molecule has 3 rings (SSSR count). The van der Waals surface area contributed by atoms with Gasteiger partial charge in [0.1, 0.15) is 17.4 Å². The van der Waals surface area contributed by atoms with Gasteiger partial charge in [0.15, 0.2) is 0 Å². The summed E-state index contributed by atoms with van der Waals surface area (Å²) in [5.41, 5.74) is 4.07. The number of aromatic nitrogens is 1. The van der Waals surface area contributed by atoms with Crippen LogP contribution in [0.4, 0.5) is 0 Å². The minimum atomic E-state index is -0.274. The number of carbonyl (C=O) groups excluding carboxylic acids is 1. The zero-order chi connectivity index (χ0) is 20.1. The summed E-state index contributed by atoms with van der Waals surface area (Å²) in [4.78, 5) is 12.6. The SMILES string of the molecule is COc1ccc(-n2c(C)cc(/C=C(/C#N)C(=O)NC3CCCCC3)c2C)cc1. The second-order valence-corrected chi connectivity index (χ2v) is 7.34. The van der Waals surface area contributed by atoms with Gasteiger partial charge in [-0.25, -0.2) is 0 Å². The lowest BCUT2D eigenvalue weighted by molar-refractivity contribution is -0.117. The van der Waals surface area contributed by atoms with Gasteiger partial charge in [0.2, 0.25) is 0 Å². The van der Waals surface area contributed by atoms with Gasteiger partial charge in [-0.15, -0.1) is 0 Å². The van der Waals surface area contributed by atoms with E-state index >= 15 is 0 Å². The van der Waals surface area contributed by atoms with E-state index in [9.17, 15) is 10.1 Å². The topological polar surface area (TPSA) is 67.0 Å². The third kappa shape index (κ3) is 4.28. The number of hydrogen-bond donors (Lipinski definition) is 1. The van der Waals surface area contributed by atoms with Crippen LogP contribution >= 0.6 is 0 Å². The van der Waals surface area contributed by atoms with Gasteiger partial charge in [-0.05, 0) is 68.7 Å². The van der Waals surface area contributed by atoms with Crippen molar-refractivity contribution in [3.63, 3.8) is 0 Å². The number of methoxy groups -OCH3 is 1. The Bertz CT molecular complexity index is 911. The molecule has 0 atom stereocenters. The molecule has 28 heavy (non-hydrogen) atoms. The van der Waals surface area contributed by atoms with E-state index in [-0.39, 0.29) is 17.5 Å². The van der Waals surface area contributed by atoms with Gasteiger partial charge < -0.3 is 14.6 Å². The van der Waals surface area contributed by atoms with Crippen molar-refractivity contribution in [3.8, 4) is 17.5 Å². The molecule has 146 valence electrons. The van der Waals surface area contributed by atoms with Crippen LogP contribution in [0.3, 0.4) is 0 Å². The predicted molar refractivity (Wildman–Crippen MR) is 110 cm³/mol. The highest BCUT2D eigenvalue weighted by molar-refractivity contribution is 6.02. The van der Waals surface area contributed by atoms with Crippen LogP contribution in [0.15, 0.2) is 35.9 Å². The summed E-state index contributed by atoms with van der Waals surface area (Å²) >= 11 is 0. The van der Waals surface area contributed by atoms with Crippen LogP contribution in [0.25, 0.3) is 11.8 Å². The molecule has 1 saturated carbocycles. The van der Waals surface area contributed by atoms with Crippen molar-refractivity contribution in [2.75, 3.05) is 7.11 Å². The van der Waals surface area contributed by atoms with E-state index in [4.69, 9.17) is 4.74 Å². The highest BCUT2D eigenvalue weighted by Gasteiger charge is 2.19. The summed E-state index contributed by atoms with van der Waals surface area (Å²) < 4.78 is 7.34. The molecule has 5 heteroatoms. The summed E-state index contributed by atoms with van der Waals surface area (Å²) in [5.74, 6) is 0.529. The number of nitriles is 1. The quantitative estimate of drug-likeness (QED) is 0.618.